The fraction of sp³-hybridized carbons (Fsp3) is 0. The van der Waals surface area contributed by atoms with Gasteiger partial charge in [-0.3, -0.25) is 0 Å². The maximum Gasteiger partial charge on any atom is 0.365 e. The largest absolute Gasteiger partial charge is 0.422 e. The lowest BCUT2D eigenvalue weighted by Crippen LogP contribution is -2.10. The van der Waals surface area contributed by atoms with Gasteiger partial charge < -0.3 is 4.74 Å². The Bertz CT molecular complexity index is 754. The Kier molecular flexibility index (Phi) is 3.96. The third kappa shape index (κ3) is 3.27. The van der Waals surface area contributed by atoms with E-state index in [0.29, 0.717) is 5.75 Å². The van der Waals surface area contributed by atoms with Crippen LogP contribution in [0.5, 0.6) is 5.75 Å². The standard InChI is InChI=1S/C15H10IN3O2/c16-11-6-8-13(9-7-11)21-15(20)14-10-17-19(18-14)12-4-2-1-3-5-12/h1-10H. The van der Waals surface area contributed by atoms with E-state index >= 15 is 0 Å². The second-order valence-corrected chi connectivity index (χ2v) is 5.44. The van der Waals surface area contributed by atoms with Gasteiger partial charge in [-0.05, 0) is 59.0 Å². The zero-order chi connectivity index (χ0) is 14.7. The smallest absolute Gasteiger partial charge is 0.365 e. The highest BCUT2D eigenvalue weighted by molar-refractivity contribution is 14.1. The van der Waals surface area contributed by atoms with Crippen molar-refractivity contribution >= 4 is 28.6 Å². The number of esters is 1. The Balaban J connectivity index is 1.77. The lowest BCUT2D eigenvalue weighted by Gasteiger charge is -2.01. The van der Waals surface area contributed by atoms with E-state index in [2.05, 4.69) is 32.8 Å². The van der Waals surface area contributed by atoms with Crippen LogP contribution in [0.2, 0.25) is 0 Å². The van der Waals surface area contributed by atoms with E-state index in [1.807, 2.05) is 42.5 Å². The minimum Gasteiger partial charge on any atom is -0.422 e. The molecule has 21 heavy (non-hydrogen) atoms. The number of benzene rings is 2. The third-order valence-corrected chi connectivity index (χ3v) is 3.43. The quantitative estimate of drug-likeness (QED) is 0.391. The Morgan fingerprint density at radius 2 is 1.76 bits per heavy atom. The summed E-state index contributed by atoms with van der Waals surface area (Å²) in [6.07, 6.45) is 1.39. The molecular weight excluding hydrogens is 381 g/mol. The molecule has 5 nitrogen and oxygen atoms in total. The van der Waals surface area contributed by atoms with Gasteiger partial charge in [0, 0.05) is 3.57 Å². The number of carbonyl (C=O) groups excluding carboxylic acids is 1. The van der Waals surface area contributed by atoms with Crippen molar-refractivity contribution in [3.05, 3.63) is 70.1 Å². The highest BCUT2D eigenvalue weighted by Gasteiger charge is 2.13. The van der Waals surface area contributed by atoms with Crippen LogP contribution < -0.4 is 4.74 Å². The van der Waals surface area contributed by atoms with Gasteiger partial charge in [-0.15, -0.1) is 5.10 Å². The van der Waals surface area contributed by atoms with E-state index in [9.17, 15) is 4.79 Å². The summed E-state index contributed by atoms with van der Waals surface area (Å²) < 4.78 is 6.32. The van der Waals surface area contributed by atoms with Crippen LogP contribution in [0.25, 0.3) is 5.69 Å². The Morgan fingerprint density at radius 1 is 1.05 bits per heavy atom. The molecule has 0 atom stereocenters. The number of carbonyl (C=O) groups is 1. The monoisotopic (exact) mass is 391 g/mol. The zero-order valence-corrected chi connectivity index (χ0v) is 13.0. The van der Waals surface area contributed by atoms with Crippen molar-refractivity contribution in [2.24, 2.45) is 0 Å². The molecule has 0 saturated carbocycles. The van der Waals surface area contributed by atoms with E-state index in [-0.39, 0.29) is 5.69 Å². The molecule has 0 saturated heterocycles. The molecule has 0 unspecified atom stereocenters. The van der Waals surface area contributed by atoms with Crippen molar-refractivity contribution in [2.75, 3.05) is 0 Å². The predicted molar refractivity (Wildman–Crippen MR) is 85.5 cm³/mol. The van der Waals surface area contributed by atoms with Crippen LogP contribution in [0, 0.1) is 3.57 Å². The molecule has 0 aliphatic carbocycles. The average molecular weight is 391 g/mol. The van der Waals surface area contributed by atoms with Gasteiger partial charge in [-0.25, -0.2) is 4.79 Å². The third-order valence-electron chi connectivity index (χ3n) is 2.71. The summed E-state index contributed by atoms with van der Waals surface area (Å²) in [5.41, 5.74) is 0.947. The molecular formula is C15H10IN3O2. The molecule has 3 rings (SSSR count). The fourth-order valence-electron chi connectivity index (χ4n) is 1.70. The maximum absolute atomic E-state index is 12.0. The summed E-state index contributed by atoms with van der Waals surface area (Å²) in [6, 6.07) is 16.6. The first-order chi connectivity index (χ1) is 10.2. The zero-order valence-electron chi connectivity index (χ0n) is 10.8. The van der Waals surface area contributed by atoms with Gasteiger partial charge in [-0.1, -0.05) is 18.2 Å². The number of nitrogens with zero attached hydrogens (tertiary/aromatic N) is 3. The SMILES string of the molecule is O=C(Oc1ccc(I)cc1)c1cnn(-c2ccccc2)n1. The van der Waals surface area contributed by atoms with Gasteiger partial charge in [0.25, 0.3) is 0 Å². The van der Waals surface area contributed by atoms with Gasteiger partial charge in [0.15, 0.2) is 5.69 Å². The molecule has 6 heteroatoms. The van der Waals surface area contributed by atoms with Gasteiger partial charge in [-0.2, -0.15) is 9.90 Å². The van der Waals surface area contributed by atoms with Crippen molar-refractivity contribution < 1.29 is 9.53 Å². The molecule has 0 bridgehead atoms. The van der Waals surface area contributed by atoms with Crippen LogP contribution in [-0.4, -0.2) is 21.0 Å². The highest BCUT2D eigenvalue weighted by atomic mass is 127. The summed E-state index contributed by atoms with van der Waals surface area (Å²) in [4.78, 5) is 13.4. The Morgan fingerprint density at radius 3 is 2.48 bits per heavy atom. The molecule has 0 spiro atoms. The minimum atomic E-state index is -0.529. The second-order valence-electron chi connectivity index (χ2n) is 4.20. The maximum atomic E-state index is 12.0. The Labute approximate surface area is 134 Å². The lowest BCUT2D eigenvalue weighted by atomic mass is 10.3. The Hall–Kier alpha value is -2.22. The number of hydrogen-bond acceptors (Lipinski definition) is 4. The number of para-hydroxylation sites is 1. The second kappa shape index (κ2) is 6.04. The van der Waals surface area contributed by atoms with E-state index in [4.69, 9.17) is 4.74 Å². The first-order valence-corrected chi connectivity index (χ1v) is 7.26. The van der Waals surface area contributed by atoms with Gasteiger partial charge >= 0.3 is 5.97 Å². The van der Waals surface area contributed by atoms with Crippen molar-refractivity contribution in [2.45, 2.75) is 0 Å². The first kappa shape index (κ1) is 13.7. The van der Waals surface area contributed by atoms with Gasteiger partial charge in [0.05, 0.1) is 11.9 Å². The summed E-state index contributed by atoms with van der Waals surface area (Å²) in [6.45, 7) is 0. The summed E-state index contributed by atoms with van der Waals surface area (Å²) >= 11 is 2.19. The molecule has 0 amide bonds. The van der Waals surface area contributed by atoms with Crippen LogP contribution in [0.4, 0.5) is 0 Å². The van der Waals surface area contributed by atoms with Crippen molar-refractivity contribution in [3.63, 3.8) is 0 Å². The van der Waals surface area contributed by atoms with Gasteiger partial charge in [0.1, 0.15) is 5.75 Å². The number of ether oxygens (including phenoxy) is 1. The average Bonchev–Trinajstić information content (AvgIpc) is 3.00. The van der Waals surface area contributed by atoms with Crippen molar-refractivity contribution in [1.29, 1.82) is 0 Å². The molecule has 0 radical (unpaired) electrons. The van der Waals surface area contributed by atoms with Crippen LogP contribution >= 0.6 is 22.6 Å². The van der Waals surface area contributed by atoms with E-state index < -0.39 is 5.97 Å². The predicted octanol–water partition coefficient (Wildman–Crippen LogP) is 3.09. The molecule has 0 N–H and O–H groups in total. The van der Waals surface area contributed by atoms with Crippen LogP contribution in [0.1, 0.15) is 10.5 Å². The van der Waals surface area contributed by atoms with Crippen molar-refractivity contribution in [3.8, 4) is 11.4 Å². The van der Waals surface area contributed by atoms with Crippen molar-refractivity contribution in [1.82, 2.24) is 15.0 Å². The van der Waals surface area contributed by atoms with Crippen LogP contribution in [0.15, 0.2) is 60.8 Å². The van der Waals surface area contributed by atoms with Crippen LogP contribution in [-0.2, 0) is 0 Å². The van der Waals surface area contributed by atoms with Gasteiger partial charge in [0.2, 0.25) is 0 Å². The highest BCUT2D eigenvalue weighted by Crippen LogP contribution is 2.15. The number of aromatic nitrogens is 3. The molecule has 1 aromatic heterocycles. The number of rotatable bonds is 3. The lowest BCUT2D eigenvalue weighted by molar-refractivity contribution is 0.0728. The normalized spacial score (nSPS) is 10.3. The summed E-state index contributed by atoms with van der Waals surface area (Å²) in [7, 11) is 0. The summed E-state index contributed by atoms with van der Waals surface area (Å²) in [5.74, 6) is -0.0481. The molecule has 104 valence electrons. The number of hydrogen-bond donors (Lipinski definition) is 0. The molecule has 1 heterocycles. The topological polar surface area (TPSA) is 57.0 Å². The summed E-state index contributed by atoms with van der Waals surface area (Å²) in [5, 5.41) is 8.19. The number of halogens is 1. The van der Waals surface area contributed by atoms with E-state index in [0.717, 1.165) is 9.26 Å². The molecule has 0 fully saturated rings. The molecule has 2 aromatic carbocycles. The minimum absolute atomic E-state index is 0.164. The first-order valence-electron chi connectivity index (χ1n) is 6.18. The van der Waals surface area contributed by atoms with Crippen LogP contribution in [0.3, 0.4) is 0 Å². The molecule has 3 aromatic rings. The fourth-order valence-corrected chi connectivity index (χ4v) is 2.06. The molecule has 0 aliphatic heterocycles. The van der Waals surface area contributed by atoms with E-state index in [1.165, 1.54) is 11.0 Å². The molecule has 0 aliphatic rings. The van der Waals surface area contributed by atoms with E-state index in [1.54, 1.807) is 12.1 Å².